The summed E-state index contributed by atoms with van der Waals surface area (Å²) < 4.78 is 27.5. The molecule has 1 fully saturated rings. The van der Waals surface area contributed by atoms with E-state index in [4.69, 9.17) is 0 Å². The average Bonchev–Trinajstić information content (AvgIpc) is 2.76. The van der Waals surface area contributed by atoms with E-state index in [-0.39, 0.29) is 0 Å². The van der Waals surface area contributed by atoms with Crippen molar-refractivity contribution in [2.75, 3.05) is 38.1 Å². The van der Waals surface area contributed by atoms with Crippen molar-refractivity contribution in [3.63, 3.8) is 0 Å². The highest BCUT2D eigenvalue weighted by Crippen LogP contribution is 2.22. The lowest BCUT2D eigenvalue weighted by Gasteiger charge is -2.37. The number of aromatic nitrogens is 1. The molecule has 3 aromatic rings. The van der Waals surface area contributed by atoms with Gasteiger partial charge < -0.3 is 15.1 Å². The largest absolute Gasteiger partial charge is 0.366 e. The lowest BCUT2D eigenvalue weighted by Crippen LogP contribution is -2.52. The summed E-state index contributed by atoms with van der Waals surface area (Å²) in [4.78, 5) is 12.9. The van der Waals surface area contributed by atoms with E-state index in [1.807, 2.05) is 29.3 Å². The fraction of sp³-hybridized carbons (Fsp3) is 0.273. The molecule has 2 heterocycles. The second kappa shape index (κ2) is 8.43. The fourth-order valence-electron chi connectivity index (χ4n) is 3.71. The number of nitrogens with zero attached hydrogens (tertiary/aromatic N) is 4. The Kier molecular flexibility index (Phi) is 5.55. The number of guanidine groups is 1. The summed E-state index contributed by atoms with van der Waals surface area (Å²) in [5, 5.41) is 5.65. The van der Waals surface area contributed by atoms with Gasteiger partial charge in [0.15, 0.2) is 5.96 Å². The van der Waals surface area contributed by atoms with E-state index in [1.165, 1.54) is 12.1 Å². The van der Waals surface area contributed by atoms with E-state index in [0.717, 1.165) is 28.5 Å². The van der Waals surface area contributed by atoms with Crippen LogP contribution in [0.2, 0.25) is 0 Å². The Balaban J connectivity index is 1.40. The number of fused-ring (bicyclic) bond motifs is 1. The van der Waals surface area contributed by atoms with Crippen LogP contribution < -0.4 is 10.2 Å². The molecule has 7 heteroatoms. The maximum Gasteiger partial charge on any atom is 0.194 e. The average molecular weight is 395 g/mol. The van der Waals surface area contributed by atoms with Gasteiger partial charge in [-0.05, 0) is 23.6 Å². The molecule has 5 nitrogen and oxygen atoms in total. The topological polar surface area (TPSA) is 43.8 Å². The minimum Gasteiger partial charge on any atom is -0.366 e. The van der Waals surface area contributed by atoms with E-state index in [1.54, 1.807) is 7.05 Å². The number of hydrogen-bond acceptors (Lipinski definition) is 3. The van der Waals surface area contributed by atoms with Gasteiger partial charge in [0, 0.05) is 50.9 Å². The Hall–Kier alpha value is -3.22. The first kappa shape index (κ1) is 19.1. The van der Waals surface area contributed by atoms with Crippen LogP contribution in [0, 0.1) is 11.6 Å². The summed E-state index contributed by atoms with van der Waals surface area (Å²) in [6.07, 6.45) is 1.81. The van der Waals surface area contributed by atoms with Crippen LogP contribution in [0.15, 0.2) is 59.7 Å². The molecule has 0 aliphatic carbocycles. The summed E-state index contributed by atoms with van der Waals surface area (Å²) in [5.74, 6) is -0.0487. The van der Waals surface area contributed by atoms with E-state index < -0.39 is 11.6 Å². The minimum absolute atomic E-state index is 0.313. The number of benzene rings is 2. The SMILES string of the molecule is CN=C(NCc1nccc2ccccc12)N1CCN(c2cc(F)ccc2F)CC1. The van der Waals surface area contributed by atoms with Gasteiger partial charge in [0.05, 0.1) is 17.9 Å². The maximum atomic E-state index is 14.0. The van der Waals surface area contributed by atoms with Crippen LogP contribution in [0.4, 0.5) is 14.5 Å². The lowest BCUT2D eigenvalue weighted by atomic mass is 10.1. The van der Waals surface area contributed by atoms with Crippen molar-refractivity contribution in [2.45, 2.75) is 6.54 Å². The highest BCUT2D eigenvalue weighted by molar-refractivity contribution is 5.85. The Labute approximate surface area is 168 Å². The molecule has 0 atom stereocenters. The van der Waals surface area contributed by atoms with E-state index >= 15 is 0 Å². The number of nitrogens with one attached hydrogen (secondary N) is 1. The van der Waals surface area contributed by atoms with Crippen molar-refractivity contribution in [1.82, 2.24) is 15.2 Å². The Morgan fingerprint density at radius 2 is 1.86 bits per heavy atom. The number of rotatable bonds is 3. The first-order valence-corrected chi connectivity index (χ1v) is 9.64. The van der Waals surface area contributed by atoms with Gasteiger partial charge in [-0.3, -0.25) is 9.98 Å². The summed E-state index contributed by atoms with van der Waals surface area (Å²) >= 11 is 0. The van der Waals surface area contributed by atoms with Crippen molar-refractivity contribution in [2.24, 2.45) is 4.99 Å². The number of aliphatic imine (C=N–C) groups is 1. The van der Waals surface area contributed by atoms with Crippen molar-refractivity contribution in [1.29, 1.82) is 0 Å². The standard InChI is InChI=1S/C22H23F2N5/c1-25-22(27-15-20-18-5-3-2-4-16(18)8-9-26-20)29-12-10-28(11-13-29)21-14-17(23)6-7-19(21)24/h2-9,14H,10-13,15H2,1H3,(H,25,27). The van der Waals surface area contributed by atoms with Crippen LogP contribution >= 0.6 is 0 Å². The monoisotopic (exact) mass is 395 g/mol. The summed E-state index contributed by atoms with van der Waals surface area (Å²) in [6, 6.07) is 13.7. The molecular weight excluding hydrogens is 372 g/mol. The molecule has 0 unspecified atom stereocenters. The van der Waals surface area contributed by atoms with E-state index in [9.17, 15) is 8.78 Å². The number of piperazine rings is 1. The second-order valence-corrected chi connectivity index (χ2v) is 6.95. The maximum absolute atomic E-state index is 14.0. The number of halogens is 2. The van der Waals surface area contributed by atoms with Crippen molar-refractivity contribution < 1.29 is 8.78 Å². The second-order valence-electron chi connectivity index (χ2n) is 6.95. The molecule has 29 heavy (non-hydrogen) atoms. The van der Waals surface area contributed by atoms with Gasteiger partial charge in [-0.15, -0.1) is 0 Å². The summed E-state index contributed by atoms with van der Waals surface area (Å²) in [6.45, 7) is 3.07. The van der Waals surface area contributed by atoms with Gasteiger partial charge in [-0.2, -0.15) is 0 Å². The molecular formula is C22H23F2N5. The molecule has 4 rings (SSSR count). The molecule has 150 valence electrons. The molecule has 1 aliphatic rings. The van der Waals surface area contributed by atoms with Crippen LogP contribution in [-0.4, -0.2) is 49.1 Å². The number of hydrogen-bond donors (Lipinski definition) is 1. The van der Waals surface area contributed by atoms with Gasteiger partial charge in [-0.25, -0.2) is 8.78 Å². The van der Waals surface area contributed by atoms with E-state index in [2.05, 4.69) is 32.3 Å². The van der Waals surface area contributed by atoms with Gasteiger partial charge in [0.25, 0.3) is 0 Å². The molecule has 0 bridgehead atoms. The molecule has 1 aliphatic heterocycles. The molecule has 1 aromatic heterocycles. The zero-order valence-corrected chi connectivity index (χ0v) is 16.3. The fourth-order valence-corrected chi connectivity index (χ4v) is 3.71. The first-order valence-electron chi connectivity index (χ1n) is 9.64. The zero-order chi connectivity index (χ0) is 20.2. The normalized spacial score (nSPS) is 15.1. The molecule has 0 saturated carbocycles. The van der Waals surface area contributed by atoms with Crippen LogP contribution in [0.25, 0.3) is 10.8 Å². The quantitative estimate of drug-likeness (QED) is 0.545. The van der Waals surface area contributed by atoms with Gasteiger partial charge in [-0.1, -0.05) is 24.3 Å². The predicted molar refractivity (Wildman–Crippen MR) is 112 cm³/mol. The third kappa shape index (κ3) is 4.13. The smallest absolute Gasteiger partial charge is 0.194 e. The Morgan fingerprint density at radius 3 is 2.66 bits per heavy atom. The third-order valence-corrected chi connectivity index (χ3v) is 5.21. The highest BCUT2D eigenvalue weighted by Gasteiger charge is 2.22. The van der Waals surface area contributed by atoms with Gasteiger partial charge >= 0.3 is 0 Å². The molecule has 1 saturated heterocycles. The lowest BCUT2D eigenvalue weighted by molar-refractivity contribution is 0.370. The summed E-state index contributed by atoms with van der Waals surface area (Å²) in [5.41, 5.74) is 1.28. The minimum atomic E-state index is -0.427. The van der Waals surface area contributed by atoms with E-state index in [0.29, 0.717) is 38.4 Å². The molecule has 0 radical (unpaired) electrons. The highest BCUT2D eigenvalue weighted by atomic mass is 19.1. The first-order chi connectivity index (χ1) is 14.2. The predicted octanol–water partition coefficient (Wildman–Crippen LogP) is 3.41. The van der Waals surface area contributed by atoms with Crippen LogP contribution in [0.5, 0.6) is 0 Å². The van der Waals surface area contributed by atoms with Crippen LogP contribution in [0.1, 0.15) is 5.69 Å². The van der Waals surface area contributed by atoms with Gasteiger partial charge in [0.1, 0.15) is 11.6 Å². The zero-order valence-electron chi connectivity index (χ0n) is 16.3. The van der Waals surface area contributed by atoms with Crippen molar-refractivity contribution in [3.8, 4) is 0 Å². The van der Waals surface area contributed by atoms with Gasteiger partial charge in [0.2, 0.25) is 0 Å². The van der Waals surface area contributed by atoms with Crippen LogP contribution in [-0.2, 0) is 6.54 Å². The van der Waals surface area contributed by atoms with Crippen molar-refractivity contribution in [3.05, 3.63) is 72.1 Å². The number of pyridine rings is 1. The third-order valence-electron chi connectivity index (χ3n) is 5.21. The van der Waals surface area contributed by atoms with Crippen molar-refractivity contribution >= 4 is 22.4 Å². The molecule has 2 aromatic carbocycles. The van der Waals surface area contributed by atoms with Crippen LogP contribution in [0.3, 0.4) is 0 Å². The Morgan fingerprint density at radius 1 is 1.07 bits per heavy atom. The number of anilines is 1. The molecule has 0 spiro atoms. The molecule has 0 amide bonds. The molecule has 1 N–H and O–H groups in total. The Bertz CT molecular complexity index is 1020. The summed E-state index contributed by atoms with van der Waals surface area (Å²) in [7, 11) is 1.75.